The number of aromatic nitrogens is 2. The Morgan fingerprint density at radius 3 is 2.58 bits per heavy atom. The van der Waals surface area contributed by atoms with Gasteiger partial charge in [-0.3, -0.25) is 4.79 Å². The molecule has 1 aromatic heterocycles. The van der Waals surface area contributed by atoms with Crippen LogP contribution in [0.3, 0.4) is 0 Å². The number of para-hydroxylation sites is 1. The van der Waals surface area contributed by atoms with Crippen molar-refractivity contribution in [2.75, 3.05) is 14.2 Å². The summed E-state index contributed by atoms with van der Waals surface area (Å²) in [6.45, 7) is 0.164. The molecule has 1 amide bonds. The van der Waals surface area contributed by atoms with Gasteiger partial charge in [-0.2, -0.15) is 4.98 Å². The molecule has 0 bridgehead atoms. The molecule has 0 aliphatic carbocycles. The Balaban J connectivity index is 1.58. The average Bonchev–Trinajstić information content (AvgIpc) is 3.16. The second kappa shape index (κ2) is 8.15. The van der Waals surface area contributed by atoms with Crippen LogP contribution in [0.15, 0.2) is 53.1 Å². The van der Waals surface area contributed by atoms with E-state index in [2.05, 4.69) is 15.5 Å². The molecular weight excluding hydrogens is 334 g/mol. The van der Waals surface area contributed by atoms with Crippen molar-refractivity contribution in [3.63, 3.8) is 0 Å². The number of nitrogens with one attached hydrogen (secondary N) is 1. The van der Waals surface area contributed by atoms with Gasteiger partial charge in [-0.15, -0.1) is 0 Å². The number of carbonyl (C=O) groups excluding carboxylic acids is 1. The summed E-state index contributed by atoms with van der Waals surface area (Å²) in [7, 11) is 3.19. The van der Waals surface area contributed by atoms with E-state index >= 15 is 0 Å². The number of rotatable bonds is 7. The molecule has 0 aliphatic heterocycles. The first kappa shape index (κ1) is 17.5. The van der Waals surface area contributed by atoms with E-state index < -0.39 is 0 Å². The summed E-state index contributed by atoms with van der Waals surface area (Å²) >= 11 is 0. The molecule has 7 nitrogen and oxygen atoms in total. The summed E-state index contributed by atoms with van der Waals surface area (Å²) in [6, 6.07) is 14.7. The van der Waals surface area contributed by atoms with Gasteiger partial charge in [0, 0.05) is 11.1 Å². The van der Waals surface area contributed by atoms with Gasteiger partial charge < -0.3 is 19.3 Å². The predicted octanol–water partition coefficient (Wildman–Crippen LogP) is 2.61. The zero-order chi connectivity index (χ0) is 18.4. The van der Waals surface area contributed by atoms with Crippen molar-refractivity contribution in [3.8, 4) is 22.9 Å². The Morgan fingerprint density at radius 2 is 1.85 bits per heavy atom. The minimum absolute atomic E-state index is 0.154. The standard InChI is InChI=1S/C19H19N3O4/c1-24-15-9-7-13(8-10-15)19-21-18(26-22-19)12-20-17(23)11-14-5-3-4-6-16(14)25-2/h3-10H,11-12H2,1-2H3,(H,20,23). The van der Waals surface area contributed by atoms with Crippen LogP contribution in [0.1, 0.15) is 11.5 Å². The van der Waals surface area contributed by atoms with E-state index in [9.17, 15) is 4.79 Å². The van der Waals surface area contributed by atoms with Crippen LogP contribution in [-0.2, 0) is 17.8 Å². The lowest BCUT2D eigenvalue weighted by Crippen LogP contribution is -2.24. The van der Waals surface area contributed by atoms with E-state index in [4.69, 9.17) is 14.0 Å². The van der Waals surface area contributed by atoms with E-state index in [0.29, 0.717) is 17.5 Å². The number of ether oxygens (including phenoxy) is 2. The highest BCUT2D eigenvalue weighted by Gasteiger charge is 2.12. The third-order valence-electron chi connectivity index (χ3n) is 3.80. The maximum Gasteiger partial charge on any atom is 0.246 e. The summed E-state index contributed by atoms with van der Waals surface area (Å²) in [6.07, 6.45) is 0.212. The summed E-state index contributed by atoms with van der Waals surface area (Å²) in [4.78, 5) is 16.4. The minimum Gasteiger partial charge on any atom is -0.497 e. The Labute approximate surface area is 150 Å². The first-order valence-electron chi connectivity index (χ1n) is 8.05. The van der Waals surface area contributed by atoms with Gasteiger partial charge in [0.2, 0.25) is 17.6 Å². The van der Waals surface area contributed by atoms with Gasteiger partial charge in [0.1, 0.15) is 11.5 Å². The quantitative estimate of drug-likeness (QED) is 0.703. The highest BCUT2D eigenvalue weighted by molar-refractivity contribution is 5.79. The van der Waals surface area contributed by atoms with Crippen LogP contribution >= 0.6 is 0 Å². The monoisotopic (exact) mass is 353 g/mol. The van der Waals surface area contributed by atoms with Gasteiger partial charge in [0.25, 0.3) is 0 Å². The highest BCUT2D eigenvalue weighted by atomic mass is 16.5. The van der Waals surface area contributed by atoms with Crippen molar-refractivity contribution >= 4 is 5.91 Å². The maximum absolute atomic E-state index is 12.1. The molecule has 0 saturated heterocycles. The Hall–Kier alpha value is -3.35. The van der Waals surface area contributed by atoms with Gasteiger partial charge in [-0.25, -0.2) is 0 Å². The topological polar surface area (TPSA) is 86.5 Å². The fraction of sp³-hybridized carbons (Fsp3) is 0.211. The Morgan fingerprint density at radius 1 is 1.08 bits per heavy atom. The van der Waals surface area contributed by atoms with E-state index in [1.54, 1.807) is 14.2 Å². The van der Waals surface area contributed by atoms with Crippen LogP contribution in [0.4, 0.5) is 0 Å². The van der Waals surface area contributed by atoms with E-state index in [0.717, 1.165) is 16.9 Å². The van der Waals surface area contributed by atoms with Crippen LogP contribution in [0.2, 0.25) is 0 Å². The van der Waals surface area contributed by atoms with Crippen molar-refractivity contribution in [2.24, 2.45) is 0 Å². The number of carbonyl (C=O) groups is 1. The second-order valence-corrected chi connectivity index (χ2v) is 5.51. The number of hydrogen-bond donors (Lipinski definition) is 1. The van der Waals surface area contributed by atoms with Crippen molar-refractivity contribution < 1.29 is 18.8 Å². The zero-order valence-corrected chi connectivity index (χ0v) is 14.6. The summed E-state index contributed by atoms with van der Waals surface area (Å²) < 4.78 is 15.6. The van der Waals surface area contributed by atoms with Gasteiger partial charge in [-0.05, 0) is 30.3 Å². The van der Waals surface area contributed by atoms with Crippen molar-refractivity contribution in [1.29, 1.82) is 0 Å². The normalized spacial score (nSPS) is 10.4. The smallest absolute Gasteiger partial charge is 0.246 e. The maximum atomic E-state index is 12.1. The van der Waals surface area contributed by atoms with Gasteiger partial charge in [0.15, 0.2) is 0 Å². The molecule has 0 radical (unpaired) electrons. The molecule has 2 aromatic carbocycles. The average molecular weight is 353 g/mol. The summed E-state index contributed by atoms with van der Waals surface area (Å²) in [5.74, 6) is 2.08. The molecule has 3 aromatic rings. The number of amides is 1. The first-order valence-corrected chi connectivity index (χ1v) is 8.05. The fourth-order valence-corrected chi connectivity index (χ4v) is 2.44. The van der Waals surface area contributed by atoms with Gasteiger partial charge in [-0.1, -0.05) is 23.4 Å². The highest BCUT2D eigenvalue weighted by Crippen LogP contribution is 2.20. The molecule has 0 saturated carbocycles. The molecular formula is C19H19N3O4. The van der Waals surface area contributed by atoms with Crippen LogP contribution in [0.5, 0.6) is 11.5 Å². The lowest BCUT2D eigenvalue weighted by molar-refractivity contribution is -0.120. The Kier molecular flexibility index (Phi) is 5.48. The third-order valence-corrected chi connectivity index (χ3v) is 3.80. The molecule has 26 heavy (non-hydrogen) atoms. The van der Waals surface area contributed by atoms with E-state index in [1.807, 2.05) is 48.5 Å². The largest absolute Gasteiger partial charge is 0.497 e. The fourth-order valence-electron chi connectivity index (χ4n) is 2.44. The number of nitrogens with zero attached hydrogens (tertiary/aromatic N) is 2. The van der Waals surface area contributed by atoms with E-state index in [-0.39, 0.29) is 18.9 Å². The SMILES string of the molecule is COc1ccc(-c2noc(CNC(=O)Cc3ccccc3OC)n2)cc1. The van der Waals surface area contributed by atoms with Crippen LogP contribution in [-0.4, -0.2) is 30.3 Å². The summed E-state index contributed by atoms with van der Waals surface area (Å²) in [5.41, 5.74) is 1.62. The van der Waals surface area contributed by atoms with Crippen molar-refractivity contribution in [2.45, 2.75) is 13.0 Å². The molecule has 134 valence electrons. The van der Waals surface area contributed by atoms with Gasteiger partial charge >= 0.3 is 0 Å². The van der Waals surface area contributed by atoms with Crippen LogP contribution in [0, 0.1) is 0 Å². The molecule has 0 atom stereocenters. The third kappa shape index (κ3) is 4.18. The number of methoxy groups -OCH3 is 2. The predicted molar refractivity (Wildman–Crippen MR) is 94.8 cm³/mol. The minimum atomic E-state index is -0.154. The number of benzene rings is 2. The zero-order valence-electron chi connectivity index (χ0n) is 14.6. The molecule has 7 heteroatoms. The van der Waals surface area contributed by atoms with E-state index in [1.165, 1.54) is 0 Å². The molecule has 3 rings (SSSR count). The van der Waals surface area contributed by atoms with Gasteiger partial charge in [0.05, 0.1) is 27.2 Å². The number of hydrogen-bond acceptors (Lipinski definition) is 6. The van der Waals surface area contributed by atoms with Crippen LogP contribution < -0.4 is 14.8 Å². The second-order valence-electron chi connectivity index (χ2n) is 5.51. The lowest BCUT2D eigenvalue weighted by Gasteiger charge is -2.07. The molecule has 1 N–H and O–H groups in total. The van der Waals surface area contributed by atoms with Crippen LogP contribution in [0.25, 0.3) is 11.4 Å². The Bertz CT molecular complexity index is 875. The first-order chi connectivity index (χ1) is 12.7. The molecule has 0 spiro atoms. The summed E-state index contributed by atoms with van der Waals surface area (Å²) in [5, 5.41) is 6.70. The van der Waals surface area contributed by atoms with Crippen molar-refractivity contribution in [3.05, 3.63) is 60.0 Å². The molecule has 0 fully saturated rings. The molecule has 0 unspecified atom stereocenters. The molecule has 0 aliphatic rings. The molecule has 1 heterocycles. The lowest BCUT2D eigenvalue weighted by atomic mass is 10.1. The van der Waals surface area contributed by atoms with Crippen molar-refractivity contribution in [1.82, 2.24) is 15.5 Å².